The number of rotatable bonds is 4. The van der Waals surface area contributed by atoms with Crippen LogP contribution in [0.1, 0.15) is 37.4 Å². The SMILES string of the molecule is CC(C)NCC1CCN(C)C1c1cccc(C#N)c1. The first-order valence-electron chi connectivity index (χ1n) is 7.05. The van der Waals surface area contributed by atoms with E-state index < -0.39 is 0 Å². The molecule has 1 aliphatic rings. The lowest BCUT2D eigenvalue weighted by molar-refractivity contribution is 0.269. The van der Waals surface area contributed by atoms with E-state index in [4.69, 9.17) is 5.26 Å². The third-order valence-corrected chi connectivity index (χ3v) is 3.92. The standard InChI is InChI=1S/C16H23N3/c1-12(2)18-11-15-7-8-19(3)16(15)14-6-4-5-13(9-14)10-17/h4-6,9,12,15-16,18H,7-8,11H2,1-3H3. The van der Waals surface area contributed by atoms with Crippen LogP contribution in [0.2, 0.25) is 0 Å². The van der Waals surface area contributed by atoms with Gasteiger partial charge in [-0.2, -0.15) is 5.26 Å². The number of likely N-dealkylation sites (tertiary alicyclic amines) is 1. The summed E-state index contributed by atoms with van der Waals surface area (Å²) < 4.78 is 0. The van der Waals surface area contributed by atoms with Crippen LogP contribution >= 0.6 is 0 Å². The Balaban J connectivity index is 2.16. The fourth-order valence-electron chi connectivity index (χ4n) is 2.95. The second-order valence-electron chi connectivity index (χ2n) is 5.77. The van der Waals surface area contributed by atoms with Gasteiger partial charge >= 0.3 is 0 Å². The highest BCUT2D eigenvalue weighted by Gasteiger charge is 2.32. The molecule has 2 unspecified atom stereocenters. The van der Waals surface area contributed by atoms with Crippen LogP contribution in [0, 0.1) is 17.2 Å². The molecule has 2 atom stereocenters. The summed E-state index contributed by atoms with van der Waals surface area (Å²) in [5.41, 5.74) is 2.03. The van der Waals surface area contributed by atoms with Gasteiger partial charge in [-0.1, -0.05) is 26.0 Å². The number of nitrogens with one attached hydrogen (secondary N) is 1. The molecule has 1 aromatic rings. The Morgan fingerprint density at radius 1 is 1.47 bits per heavy atom. The lowest BCUT2D eigenvalue weighted by atomic mass is 9.92. The van der Waals surface area contributed by atoms with E-state index in [2.05, 4.69) is 43.2 Å². The van der Waals surface area contributed by atoms with E-state index in [1.165, 1.54) is 12.0 Å². The molecule has 3 nitrogen and oxygen atoms in total. The minimum atomic E-state index is 0.430. The van der Waals surface area contributed by atoms with Gasteiger partial charge in [0, 0.05) is 18.6 Å². The van der Waals surface area contributed by atoms with Crippen molar-refractivity contribution < 1.29 is 0 Å². The summed E-state index contributed by atoms with van der Waals surface area (Å²) >= 11 is 0. The lowest BCUT2D eigenvalue weighted by Gasteiger charge is -2.26. The summed E-state index contributed by atoms with van der Waals surface area (Å²) in [5.74, 6) is 0.626. The van der Waals surface area contributed by atoms with Crippen molar-refractivity contribution in [2.75, 3.05) is 20.1 Å². The van der Waals surface area contributed by atoms with Crippen LogP contribution in [0.5, 0.6) is 0 Å². The highest BCUT2D eigenvalue weighted by Crippen LogP contribution is 2.35. The monoisotopic (exact) mass is 257 g/mol. The van der Waals surface area contributed by atoms with E-state index in [1.807, 2.05) is 18.2 Å². The van der Waals surface area contributed by atoms with Gasteiger partial charge in [-0.25, -0.2) is 0 Å². The second kappa shape index (κ2) is 6.18. The Labute approximate surface area is 116 Å². The molecule has 0 amide bonds. The third kappa shape index (κ3) is 3.34. The summed E-state index contributed by atoms with van der Waals surface area (Å²) in [7, 11) is 2.18. The molecule has 0 radical (unpaired) electrons. The first-order valence-corrected chi connectivity index (χ1v) is 7.05. The van der Waals surface area contributed by atoms with Gasteiger partial charge < -0.3 is 5.32 Å². The van der Waals surface area contributed by atoms with Gasteiger partial charge in [-0.3, -0.25) is 4.90 Å². The summed E-state index contributed by atoms with van der Waals surface area (Å²) in [4.78, 5) is 2.41. The summed E-state index contributed by atoms with van der Waals surface area (Å²) in [5, 5.41) is 12.6. The fraction of sp³-hybridized carbons (Fsp3) is 0.562. The quantitative estimate of drug-likeness (QED) is 0.901. The molecule has 0 spiro atoms. The highest BCUT2D eigenvalue weighted by molar-refractivity contribution is 5.35. The zero-order valence-corrected chi connectivity index (χ0v) is 12.1. The van der Waals surface area contributed by atoms with Crippen molar-refractivity contribution in [2.24, 2.45) is 5.92 Å². The molecule has 0 aliphatic carbocycles. The van der Waals surface area contributed by atoms with Crippen LogP contribution in [0.25, 0.3) is 0 Å². The molecule has 102 valence electrons. The van der Waals surface area contributed by atoms with Crippen molar-refractivity contribution in [3.8, 4) is 6.07 Å². The van der Waals surface area contributed by atoms with Crippen LogP contribution in [0.3, 0.4) is 0 Å². The number of hydrogen-bond acceptors (Lipinski definition) is 3. The molecular weight excluding hydrogens is 234 g/mol. The van der Waals surface area contributed by atoms with Crippen LogP contribution in [0.4, 0.5) is 0 Å². The average molecular weight is 257 g/mol. The molecule has 19 heavy (non-hydrogen) atoms. The Bertz CT molecular complexity index is 461. The largest absolute Gasteiger partial charge is 0.314 e. The first kappa shape index (κ1) is 14.0. The molecule has 1 saturated heterocycles. The first-order chi connectivity index (χ1) is 9.11. The van der Waals surface area contributed by atoms with Crippen molar-refractivity contribution >= 4 is 0 Å². The highest BCUT2D eigenvalue weighted by atomic mass is 15.2. The molecule has 0 saturated carbocycles. The molecular formula is C16H23N3. The van der Waals surface area contributed by atoms with Crippen LogP contribution in [-0.4, -0.2) is 31.1 Å². The maximum atomic E-state index is 9.04. The van der Waals surface area contributed by atoms with Gasteiger partial charge in [-0.05, 0) is 43.6 Å². The normalized spacial score (nSPS) is 23.7. The van der Waals surface area contributed by atoms with E-state index in [1.54, 1.807) is 0 Å². The second-order valence-corrected chi connectivity index (χ2v) is 5.77. The van der Waals surface area contributed by atoms with Crippen molar-refractivity contribution in [2.45, 2.75) is 32.4 Å². The number of nitriles is 1. The molecule has 1 N–H and O–H groups in total. The maximum absolute atomic E-state index is 9.04. The summed E-state index contributed by atoms with van der Waals surface area (Å²) in [6, 6.07) is 11.2. The predicted octanol–water partition coefficient (Wildman–Crippen LogP) is 2.55. The minimum absolute atomic E-state index is 0.430. The van der Waals surface area contributed by atoms with Crippen molar-refractivity contribution in [3.05, 3.63) is 35.4 Å². The molecule has 2 rings (SSSR count). The zero-order chi connectivity index (χ0) is 13.8. The smallest absolute Gasteiger partial charge is 0.0991 e. The zero-order valence-electron chi connectivity index (χ0n) is 12.1. The van der Waals surface area contributed by atoms with E-state index in [0.29, 0.717) is 18.0 Å². The third-order valence-electron chi connectivity index (χ3n) is 3.92. The number of benzene rings is 1. The average Bonchev–Trinajstić information content (AvgIpc) is 2.77. The van der Waals surface area contributed by atoms with Crippen molar-refractivity contribution in [1.29, 1.82) is 5.26 Å². The van der Waals surface area contributed by atoms with E-state index in [0.717, 1.165) is 18.7 Å². The molecule has 0 bridgehead atoms. The lowest BCUT2D eigenvalue weighted by Crippen LogP contribution is -2.32. The Hall–Kier alpha value is -1.37. The van der Waals surface area contributed by atoms with E-state index in [9.17, 15) is 0 Å². The molecule has 1 aliphatic heterocycles. The van der Waals surface area contributed by atoms with Crippen molar-refractivity contribution in [1.82, 2.24) is 10.2 Å². The Kier molecular flexibility index (Phi) is 4.57. The Morgan fingerprint density at radius 2 is 2.26 bits per heavy atom. The predicted molar refractivity (Wildman–Crippen MR) is 77.8 cm³/mol. The summed E-state index contributed by atoms with van der Waals surface area (Å²) in [6.07, 6.45) is 1.22. The molecule has 1 aromatic carbocycles. The van der Waals surface area contributed by atoms with Gasteiger partial charge in [0.15, 0.2) is 0 Å². The fourth-order valence-corrected chi connectivity index (χ4v) is 2.95. The van der Waals surface area contributed by atoms with Gasteiger partial charge in [0.1, 0.15) is 0 Å². The van der Waals surface area contributed by atoms with Gasteiger partial charge in [0.05, 0.1) is 11.6 Å². The van der Waals surface area contributed by atoms with Crippen LogP contribution < -0.4 is 5.32 Å². The number of nitrogens with zero attached hydrogens (tertiary/aromatic N) is 2. The van der Waals surface area contributed by atoms with E-state index >= 15 is 0 Å². The maximum Gasteiger partial charge on any atom is 0.0991 e. The topological polar surface area (TPSA) is 39.1 Å². The summed E-state index contributed by atoms with van der Waals surface area (Å²) in [6.45, 7) is 6.54. The molecule has 0 aromatic heterocycles. The van der Waals surface area contributed by atoms with Gasteiger partial charge in [0.2, 0.25) is 0 Å². The van der Waals surface area contributed by atoms with Crippen LogP contribution in [0.15, 0.2) is 24.3 Å². The Morgan fingerprint density at radius 3 is 2.95 bits per heavy atom. The molecule has 1 fully saturated rings. The van der Waals surface area contributed by atoms with Crippen LogP contribution in [-0.2, 0) is 0 Å². The van der Waals surface area contributed by atoms with Crippen molar-refractivity contribution in [3.63, 3.8) is 0 Å². The molecule has 3 heteroatoms. The van der Waals surface area contributed by atoms with Gasteiger partial charge in [0.25, 0.3) is 0 Å². The number of hydrogen-bond donors (Lipinski definition) is 1. The van der Waals surface area contributed by atoms with Gasteiger partial charge in [-0.15, -0.1) is 0 Å². The minimum Gasteiger partial charge on any atom is -0.314 e. The molecule has 1 heterocycles. The van der Waals surface area contributed by atoms with E-state index in [-0.39, 0.29) is 0 Å².